The van der Waals surface area contributed by atoms with Crippen LogP contribution in [0.5, 0.6) is 11.6 Å². The van der Waals surface area contributed by atoms with Gasteiger partial charge < -0.3 is 14.8 Å². The predicted octanol–water partition coefficient (Wildman–Crippen LogP) is 7.03. The summed E-state index contributed by atoms with van der Waals surface area (Å²) in [5.74, 6) is -8.60. The minimum Gasteiger partial charge on any atom is -0.497 e. The predicted molar refractivity (Wildman–Crippen MR) is 228 cm³/mol. The molecule has 4 aromatic heterocycles. The number of methoxy groups -OCH3 is 2. The lowest BCUT2D eigenvalue weighted by molar-refractivity contribution is -0.123. The van der Waals surface area contributed by atoms with Gasteiger partial charge in [0, 0.05) is 37.1 Å². The van der Waals surface area contributed by atoms with Crippen molar-refractivity contribution in [2.24, 2.45) is 13.0 Å². The highest BCUT2D eigenvalue weighted by Crippen LogP contribution is 2.68. The molecule has 1 unspecified atom stereocenters. The van der Waals surface area contributed by atoms with E-state index in [1.807, 2.05) is 0 Å². The molecule has 9 rings (SSSR count). The number of aryl methyl sites for hydroxylation is 1. The normalized spacial score (nSPS) is 16.7. The summed E-state index contributed by atoms with van der Waals surface area (Å²) in [5, 5.41) is 10.9. The number of hydrogen-bond donors (Lipinski definition) is 1. The van der Waals surface area contributed by atoms with Crippen LogP contribution in [0.25, 0.3) is 27.6 Å². The van der Waals surface area contributed by atoms with Crippen molar-refractivity contribution in [2.45, 2.75) is 50.2 Å². The second-order valence-electron chi connectivity index (χ2n) is 16.0. The molecule has 66 heavy (non-hydrogen) atoms. The minimum absolute atomic E-state index is 0.0134. The molecule has 0 spiro atoms. The van der Waals surface area contributed by atoms with Crippen molar-refractivity contribution < 1.29 is 49.0 Å². The quantitative estimate of drug-likeness (QED) is 0.112. The number of ether oxygens (including phenoxy) is 2. The van der Waals surface area contributed by atoms with Crippen LogP contribution < -0.4 is 24.7 Å². The van der Waals surface area contributed by atoms with E-state index >= 15 is 8.78 Å². The summed E-state index contributed by atoms with van der Waals surface area (Å²) in [6.45, 7) is -1.22. The maximum atomic E-state index is 15.6. The van der Waals surface area contributed by atoms with Crippen LogP contribution in [0.3, 0.4) is 0 Å². The first-order valence-corrected chi connectivity index (χ1v) is 22.3. The molecule has 1 fully saturated rings. The van der Waals surface area contributed by atoms with Gasteiger partial charge in [-0.15, -0.1) is 0 Å². The summed E-state index contributed by atoms with van der Waals surface area (Å²) in [7, 11) is 0.160. The topological polar surface area (TPSA) is 168 Å². The van der Waals surface area contributed by atoms with Gasteiger partial charge in [-0.05, 0) is 65.9 Å². The van der Waals surface area contributed by atoms with Crippen molar-refractivity contribution in [2.75, 3.05) is 24.8 Å². The molecule has 15 nitrogen and oxygen atoms in total. The summed E-state index contributed by atoms with van der Waals surface area (Å²) in [4.78, 5) is 38.2. The highest BCUT2D eigenvalue weighted by atomic mass is 35.5. The number of pyridine rings is 1. The van der Waals surface area contributed by atoms with Crippen LogP contribution in [-0.4, -0.2) is 68.9 Å². The first-order chi connectivity index (χ1) is 31.3. The number of halogens is 7. The number of sulfonamides is 1. The Balaban J connectivity index is 1.23. The van der Waals surface area contributed by atoms with Crippen molar-refractivity contribution in [1.29, 1.82) is 0 Å². The van der Waals surface area contributed by atoms with Gasteiger partial charge in [0.25, 0.3) is 17.9 Å². The van der Waals surface area contributed by atoms with Crippen LogP contribution in [0.2, 0.25) is 5.02 Å². The van der Waals surface area contributed by atoms with Gasteiger partial charge in [-0.1, -0.05) is 23.7 Å². The fourth-order valence-electron chi connectivity index (χ4n) is 8.71. The van der Waals surface area contributed by atoms with Gasteiger partial charge in [0.2, 0.25) is 21.8 Å². The number of nitrogens with one attached hydrogen (secondary N) is 1. The van der Waals surface area contributed by atoms with Crippen LogP contribution in [0.15, 0.2) is 71.5 Å². The van der Waals surface area contributed by atoms with E-state index in [9.17, 15) is 35.6 Å². The van der Waals surface area contributed by atoms with Gasteiger partial charge in [0.1, 0.15) is 41.1 Å². The highest BCUT2D eigenvalue weighted by molar-refractivity contribution is 7.92. The van der Waals surface area contributed by atoms with E-state index < -0.39 is 87.7 Å². The van der Waals surface area contributed by atoms with Crippen molar-refractivity contribution in [1.82, 2.24) is 39.4 Å². The number of anilines is 1. The number of carbonyl (C=O) groups excluding carboxylic acids is 1. The molecule has 1 saturated carbocycles. The number of alkyl halides is 4. The van der Waals surface area contributed by atoms with Crippen LogP contribution in [0, 0.1) is 17.6 Å². The van der Waals surface area contributed by atoms with Crippen LogP contribution in [0.1, 0.15) is 58.7 Å². The monoisotopic (exact) mass is 955 g/mol. The smallest absolute Gasteiger partial charge is 0.293 e. The number of benzene rings is 3. The summed E-state index contributed by atoms with van der Waals surface area (Å²) < 4.78 is 130. The van der Waals surface area contributed by atoms with E-state index in [2.05, 4.69) is 20.5 Å². The molecule has 0 saturated heterocycles. The first-order valence-electron chi connectivity index (χ1n) is 20.0. The Kier molecular flexibility index (Phi) is 11.0. The van der Waals surface area contributed by atoms with E-state index in [0.717, 1.165) is 27.3 Å². The number of hydrogen-bond acceptors (Lipinski definition) is 10. The summed E-state index contributed by atoms with van der Waals surface area (Å²) in [5.41, 5.74) is -2.44. The van der Waals surface area contributed by atoms with Crippen molar-refractivity contribution in [3.8, 4) is 17.3 Å². The van der Waals surface area contributed by atoms with Crippen molar-refractivity contribution in [3.05, 3.63) is 128 Å². The van der Waals surface area contributed by atoms with Gasteiger partial charge in [-0.2, -0.15) is 24.0 Å². The fourth-order valence-corrected chi connectivity index (χ4v) is 9.77. The second kappa shape index (κ2) is 16.3. The molecule has 7 aromatic rings. The Morgan fingerprint density at radius 3 is 2.35 bits per heavy atom. The lowest BCUT2D eigenvalue weighted by atomic mass is 10.0. The maximum Gasteiger partial charge on any atom is 0.293 e. The Labute approximate surface area is 375 Å². The molecule has 2 aliphatic rings. The molecule has 2 aliphatic carbocycles. The summed E-state index contributed by atoms with van der Waals surface area (Å²) in [6.07, 6.45) is -2.76. The first kappa shape index (κ1) is 44.5. The average Bonchev–Trinajstić information content (AvgIpc) is 3.78. The molecule has 1 N–H and O–H groups in total. The SMILES string of the molecule is COc1ccc(CN(c2nn(C)c3c(-n4c(C(Cc5cc(F)cc(F)c5)NC(=O)Cn5nc(C(F)F)c6c5C(F)(F)[C@@H]5C[C@H]65)nc5nc(OC)ccc5c4=O)ccc(Cl)c23)S(C)(=O)=O)cc1. The Morgan fingerprint density at radius 1 is 0.985 bits per heavy atom. The molecule has 0 radical (unpaired) electrons. The van der Waals surface area contributed by atoms with E-state index in [-0.39, 0.29) is 74.3 Å². The number of rotatable bonds is 14. The summed E-state index contributed by atoms with van der Waals surface area (Å²) in [6, 6.07) is 13.1. The molecule has 3 aromatic carbocycles. The molecule has 0 bridgehead atoms. The molecule has 23 heteroatoms. The van der Waals surface area contributed by atoms with Crippen molar-refractivity contribution >= 4 is 55.3 Å². The second-order valence-corrected chi connectivity index (χ2v) is 18.3. The van der Waals surface area contributed by atoms with Gasteiger partial charge in [-0.25, -0.2) is 35.3 Å². The zero-order valence-corrected chi connectivity index (χ0v) is 36.6. The Bertz CT molecular complexity index is 3270. The van der Waals surface area contributed by atoms with Crippen LogP contribution >= 0.6 is 11.6 Å². The lowest BCUT2D eigenvalue weighted by Crippen LogP contribution is -2.38. The molecular formula is C43H36ClF6N9O6S. The van der Waals surface area contributed by atoms with E-state index in [0.29, 0.717) is 22.1 Å². The number of fused-ring (bicyclic) bond motifs is 5. The molecule has 3 atom stereocenters. The average molecular weight is 956 g/mol. The third kappa shape index (κ3) is 7.73. The standard InChI is InChI=1S/C43H36ClF6N9O6S/c1-56-36-30(11-10-28(44)34(36)41(55-56)58(66(4,62)63)18-20-5-7-24(64-2)8-6-20)59-40(53-39-25(42(59)61)9-12-32(52-39)65-3)29(15-21-13-22(45)16-23(46)14-21)51-31(60)19-57-37-33(35(54-57)38(47)48)26-17-27(26)43(37,49)50/h5-14,16,26-27,29,38H,15,17-19H2,1-4H3,(H,51,60)/t26-,27+,29?/m0/s1. The molecular weight excluding hydrogens is 920 g/mol. The number of nitrogens with zero attached hydrogens (tertiary/aromatic N) is 8. The van der Waals surface area contributed by atoms with E-state index in [1.165, 1.54) is 50.2 Å². The van der Waals surface area contributed by atoms with Gasteiger partial charge in [-0.3, -0.25) is 23.5 Å². The molecule has 1 amide bonds. The molecule has 4 heterocycles. The lowest BCUT2D eigenvalue weighted by Gasteiger charge is -2.24. The van der Waals surface area contributed by atoms with Crippen LogP contribution in [-0.2, 0) is 47.3 Å². The van der Waals surface area contributed by atoms with E-state index in [4.69, 9.17) is 26.1 Å². The van der Waals surface area contributed by atoms with E-state index in [1.54, 1.807) is 24.3 Å². The largest absolute Gasteiger partial charge is 0.497 e. The fraction of sp³-hybridized carbons (Fsp3) is 0.302. The number of amides is 1. The summed E-state index contributed by atoms with van der Waals surface area (Å²) >= 11 is 6.86. The molecule has 0 aliphatic heterocycles. The van der Waals surface area contributed by atoms with Crippen molar-refractivity contribution in [3.63, 3.8) is 0 Å². The zero-order valence-electron chi connectivity index (χ0n) is 35.1. The van der Waals surface area contributed by atoms with Gasteiger partial charge in [0.15, 0.2) is 11.5 Å². The Hall–Kier alpha value is -6.68. The number of aromatic nitrogens is 7. The zero-order chi connectivity index (χ0) is 47.1. The third-order valence-electron chi connectivity index (χ3n) is 11.7. The maximum absolute atomic E-state index is 15.6. The number of carbonyl (C=O) groups is 1. The van der Waals surface area contributed by atoms with Gasteiger partial charge >= 0.3 is 0 Å². The Morgan fingerprint density at radius 2 is 1.70 bits per heavy atom. The van der Waals surface area contributed by atoms with Crippen LogP contribution in [0.4, 0.5) is 32.2 Å². The highest BCUT2D eigenvalue weighted by Gasteiger charge is 2.67. The van der Waals surface area contributed by atoms with Gasteiger partial charge in [0.05, 0.1) is 60.1 Å². The minimum atomic E-state index is -4.10. The third-order valence-corrected chi connectivity index (χ3v) is 13.1. The molecule has 344 valence electrons.